The zero-order chi connectivity index (χ0) is 55.8. The van der Waals surface area contributed by atoms with Crippen LogP contribution in [0.5, 0.6) is 11.5 Å². The Kier molecular flexibility index (Phi) is 45.6. The Morgan fingerprint density at radius 3 is 0.987 bits per heavy atom. The normalized spacial score (nSPS) is 12.4. The second-order valence-corrected chi connectivity index (χ2v) is 22.5. The van der Waals surface area contributed by atoms with Crippen molar-refractivity contribution in [2.45, 2.75) is 271 Å². The number of aliphatic hydroxyl groups is 1. The number of ether oxygens (including phenoxy) is 4. The van der Waals surface area contributed by atoms with Crippen LogP contribution in [0.4, 0.5) is 11.4 Å². The van der Waals surface area contributed by atoms with Crippen LogP contribution in [-0.2, 0) is 28.0 Å². The van der Waals surface area contributed by atoms with Crippen molar-refractivity contribution in [2.24, 2.45) is 0 Å². The van der Waals surface area contributed by atoms with Crippen molar-refractivity contribution in [1.82, 2.24) is 0 Å². The fourth-order valence-electron chi connectivity index (χ4n) is 8.73. The smallest absolute Gasteiger partial charge is 0.395 e. The highest BCUT2D eigenvalue weighted by molar-refractivity contribution is 7.49. The van der Waals surface area contributed by atoms with Crippen LogP contribution in [0.25, 0.3) is 0 Å². The lowest BCUT2D eigenvalue weighted by Crippen LogP contribution is -2.29. The summed E-state index contributed by atoms with van der Waals surface area (Å²) < 4.78 is 53.6. The standard InChI is InChI=1S/C36H57N2O10P.C24H50O3/c1-4-5-6-7-8-9-10-11-12-13-14-15-16-17-18-19-28-44-29-36(46-31(2)3)30-45-49(43,47-34-24-20-32(21-25-34)37(39)40)48-35-26-22-33(23-27-35)38(41)42;1-4-5-6-7-8-9-10-11-12-13-14-15-16-17-18-19-20-26-22-24(21-25)27-23(2)3/h20-27,31,36H,4-19,28-30H2,1-3H3;23-25H,4-22H2,1-3H3/t36-;24-/m10/s1. The lowest BCUT2D eigenvalue weighted by atomic mass is 10.0. The maximum absolute atomic E-state index is 13.8. The minimum absolute atomic E-state index is 0.0110. The van der Waals surface area contributed by atoms with E-state index < -0.39 is 23.8 Å². The molecule has 0 saturated heterocycles. The summed E-state index contributed by atoms with van der Waals surface area (Å²) in [5.74, 6) is 0.0221. The summed E-state index contributed by atoms with van der Waals surface area (Å²) in [6.45, 7) is 14.1. The fourth-order valence-corrected chi connectivity index (χ4v) is 9.98. The molecule has 0 aromatic heterocycles. The van der Waals surface area contributed by atoms with Crippen molar-refractivity contribution in [2.75, 3.05) is 39.6 Å². The first-order valence-electron chi connectivity index (χ1n) is 30.0. The van der Waals surface area contributed by atoms with Crippen LogP contribution in [-0.4, -0.2) is 79.0 Å². The Labute approximate surface area is 460 Å². The van der Waals surface area contributed by atoms with E-state index in [4.69, 9.17) is 32.5 Å². The van der Waals surface area contributed by atoms with Gasteiger partial charge in [-0.3, -0.25) is 24.8 Å². The Morgan fingerprint density at radius 1 is 0.434 bits per heavy atom. The van der Waals surface area contributed by atoms with Gasteiger partial charge in [-0.25, -0.2) is 4.57 Å². The van der Waals surface area contributed by atoms with Crippen LogP contribution in [0.15, 0.2) is 48.5 Å². The first-order valence-corrected chi connectivity index (χ1v) is 31.5. The molecular formula is C60H107N2O13P. The van der Waals surface area contributed by atoms with Gasteiger partial charge in [0.15, 0.2) is 0 Å². The summed E-state index contributed by atoms with van der Waals surface area (Å²) >= 11 is 0. The molecule has 0 spiro atoms. The molecule has 0 saturated carbocycles. The average Bonchev–Trinajstić information content (AvgIpc) is 3.39. The van der Waals surface area contributed by atoms with Gasteiger partial charge in [0.1, 0.15) is 23.7 Å². The summed E-state index contributed by atoms with van der Waals surface area (Å²) in [5, 5.41) is 31.3. The molecule has 0 aliphatic carbocycles. The van der Waals surface area contributed by atoms with E-state index in [9.17, 15) is 29.9 Å². The van der Waals surface area contributed by atoms with Crippen molar-refractivity contribution >= 4 is 19.2 Å². The van der Waals surface area contributed by atoms with Gasteiger partial charge >= 0.3 is 7.82 Å². The van der Waals surface area contributed by atoms with Crippen molar-refractivity contribution in [1.29, 1.82) is 0 Å². The molecule has 0 unspecified atom stereocenters. The minimum atomic E-state index is -4.39. The van der Waals surface area contributed by atoms with Crippen molar-refractivity contribution in [3.05, 3.63) is 68.8 Å². The maximum Gasteiger partial charge on any atom is 0.587 e. The molecule has 2 atom stereocenters. The largest absolute Gasteiger partial charge is 0.587 e. The highest BCUT2D eigenvalue weighted by Gasteiger charge is 2.33. The van der Waals surface area contributed by atoms with Crippen LogP contribution < -0.4 is 9.05 Å². The number of unbranched alkanes of at least 4 members (excludes halogenated alkanes) is 30. The molecule has 2 aromatic rings. The van der Waals surface area contributed by atoms with Gasteiger partial charge in [0.05, 0.1) is 48.5 Å². The van der Waals surface area contributed by atoms with Crippen LogP contribution in [0.1, 0.15) is 247 Å². The number of hydrogen-bond acceptors (Lipinski definition) is 13. The third-order valence-corrected chi connectivity index (χ3v) is 14.3. The molecule has 1 N–H and O–H groups in total. The molecule has 2 aromatic carbocycles. The lowest BCUT2D eigenvalue weighted by Gasteiger charge is -2.24. The van der Waals surface area contributed by atoms with Gasteiger partial charge in [0.25, 0.3) is 11.4 Å². The van der Waals surface area contributed by atoms with E-state index in [1.54, 1.807) is 0 Å². The zero-order valence-electron chi connectivity index (χ0n) is 48.5. The van der Waals surface area contributed by atoms with Gasteiger partial charge in [0.2, 0.25) is 0 Å². The van der Waals surface area contributed by atoms with Crippen LogP contribution in [0.2, 0.25) is 0 Å². The summed E-state index contributed by atoms with van der Waals surface area (Å²) in [6.07, 6.45) is 42.2. The number of phosphoric ester groups is 1. The second-order valence-electron chi connectivity index (χ2n) is 21.0. The number of rotatable bonds is 52. The monoisotopic (exact) mass is 1090 g/mol. The van der Waals surface area contributed by atoms with Gasteiger partial charge in [-0.05, 0) is 64.8 Å². The van der Waals surface area contributed by atoms with Crippen LogP contribution in [0.3, 0.4) is 0 Å². The lowest BCUT2D eigenvalue weighted by molar-refractivity contribution is -0.385. The van der Waals surface area contributed by atoms with Crippen LogP contribution >= 0.6 is 7.82 Å². The fraction of sp³-hybridized carbons (Fsp3) is 0.800. The number of aliphatic hydroxyl groups excluding tert-OH is 1. The molecule has 0 amide bonds. The summed E-state index contributed by atoms with van der Waals surface area (Å²) in [6, 6.07) is 9.89. The predicted molar refractivity (Wildman–Crippen MR) is 309 cm³/mol. The molecule has 0 radical (unpaired) electrons. The van der Waals surface area contributed by atoms with E-state index >= 15 is 0 Å². The van der Waals surface area contributed by atoms with E-state index in [0.717, 1.165) is 25.9 Å². The molecule has 0 heterocycles. The Hall–Kier alpha value is -3.17. The SMILES string of the molecule is CCCCCCCCCCCCCCCCCCOC[C@H](CO)OC(C)C.CCCCCCCCCCCCCCCCCCOC[C@H](COP(=O)(Oc1ccc([N+](=O)[O-])cc1)Oc1ccc([N+](=O)[O-])cc1)OC(C)C. The molecule has 76 heavy (non-hydrogen) atoms. The second kappa shape index (κ2) is 48.9. The Balaban J connectivity index is 0.000000905. The summed E-state index contributed by atoms with van der Waals surface area (Å²) in [4.78, 5) is 20.9. The van der Waals surface area contributed by atoms with Gasteiger partial charge < -0.3 is 33.1 Å². The van der Waals surface area contributed by atoms with Gasteiger partial charge in [-0.2, -0.15) is 0 Å². The van der Waals surface area contributed by atoms with E-state index in [2.05, 4.69) is 13.8 Å². The van der Waals surface area contributed by atoms with E-state index in [0.29, 0.717) is 13.2 Å². The van der Waals surface area contributed by atoms with Crippen molar-refractivity contribution < 1.29 is 52.0 Å². The topological polar surface area (TPSA) is 188 Å². The highest BCUT2D eigenvalue weighted by Crippen LogP contribution is 2.50. The molecule has 0 aliphatic rings. The summed E-state index contributed by atoms with van der Waals surface area (Å²) in [5.41, 5.74) is -0.349. The molecule has 0 fully saturated rings. The van der Waals surface area contributed by atoms with Crippen LogP contribution in [0, 0.1) is 20.2 Å². The molecule has 15 nitrogen and oxygen atoms in total. The predicted octanol–water partition coefficient (Wildman–Crippen LogP) is 18.2. The number of benzene rings is 2. The third kappa shape index (κ3) is 41.9. The van der Waals surface area contributed by atoms with E-state index in [-0.39, 0.29) is 61.0 Å². The van der Waals surface area contributed by atoms with Gasteiger partial charge in [0, 0.05) is 37.5 Å². The van der Waals surface area contributed by atoms with Crippen molar-refractivity contribution in [3.8, 4) is 11.5 Å². The van der Waals surface area contributed by atoms with Gasteiger partial charge in [-0.1, -0.05) is 206 Å². The Morgan fingerprint density at radius 2 is 0.711 bits per heavy atom. The van der Waals surface area contributed by atoms with Crippen molar-refractivity contribution in [3.63, 3.8) is 0 Å². The molecule has 440 valence electrons. The minimum Gasteiger partial charge on any atom is -0.395 e. The first-order chi connectivity index (χ1) is 36.8. The Bertz CT molecular complexity index is 1620. The quantitative estimate of drug-likeness (QED) is 0.0285. The number of nitro groups is 2. The van der Waals surface area contributed by atoms with Gasteiger partial charge in [-0.15, -0.1) is 0 Å². The highest BCUT2D eigenvalue weighted by atomic mass is 31.2. The molecular weight excluding hydrogens is 988 g/mol. The van der Waals surface area contributed by atoms with E-state index in [1.807, 2.05) is 27.7 Å². The van der Waals surface area contributed by atoms with E-state index in [1.165, 1.54) is 235 Å². The molecule has 0 aliphatic heterocycles. The molecule has 16 heteroatoms. The number of phosphoric acid groups is 1. The zero-order valence-corrected chi connectivity index (χ0v) is 49.4. The molecule has 2 rings (SSSR count). The third-order valence-electron chi connectivity index (χ3n) is 13.0. The first kappa shape index (κ1) is 70.8. The molecule has 0 bridgehead atoms. The average molecular weight is 1100 g/mol. The maximum atomic E-state index is 13.8. The number of nitrogens with zero attached hydrogens (tertiary/aromatic N) is 2. The number of non-ortho nitro benzene ring substituents is 2. The summed E-state index contributed by atoms with van der Waals surface area (Å²) in [7, 11) is -4.39. The number of hydrogen-bond donors (Lipinski definition) is 1. The number of nitro benzene ring substituents is 2.